The molecular weight excluding hydrogens is 555 g/mol. The Labute approximate surface area is 236 Å². The predicted octanol–water partition coefficient (Wildman–Crippen LogP) is 6.77. The second-order valence-corrected chi connectivity index (χ2v) is 12.0. The molecule has 40 heavy (non-hydrogen) atoms. The third kappa shape index (κ3) is 6.70. The lowest BCUT2D eigenvalue weighted by Gasteiger charge is -2.12. The van der Waals surface area contributed by atoms with Crippen LogP contribution < -0.4 is 15.4 Å². The van der Waals surface area contributed by atoms with Crippen molar-refractivity contribution in [2.75, 3.05) is 29.2 Å². The maximum Gasteiger partial charge on any atom is 0.193 e. The van der Waals surface area contributed by atoms with Gasteiger partial charge >= 0.3 is 0 Å². The van der Waals surface area contributed by atoms with E-state index in [2.05, 4.69) is 20.6 Å². The van der Waals surface area contributed by atoms with Crippen LogP contribution in [0.3, 0.4) is 0 Å². The van der Waals surface area contributed by atoms with Crippen LogP contribution in [0.4, 0.5) is 21.8 Å². The number of fused-ring (bicyclic) bond motifs is 1. The molecule has 0 aliphatic rings. The van der Waals surface area contributed by atoms with Gasteiger partial charge in [0.1, 0.15) is 45.9 Å². The van der Waals surface area contributed by atoms with E-state index in [1.807, 2.05) is 37.3 Å². The lowest BCUT2D eigenvalue weighted by Crippen LogP contribution is -2.13. The van der Waals surface area contributed by atoms with Crippen LogP contribution in [-0.4, -0.2) is 36.9 Å². The molecule has 0 saturated heterocycles. The summed E-state index contributed by atoms with van der Waals surface area (Å²) in [5.74, 6) is 1.88. The van der Waals surface area contributed by atoms with E-state index in [0.29, 0.717) is 39.5 Å². The molecule has 3 aromatic carbocycles. The molecule has 11 heteroatoms. The van der Waals surface area contributed by atoms with E-state index in [9.17, 15) is 12.8 Å². The molecule has 5 aromatic rings. The molecule has 0 aliphatic carbocycles. The Kier molecular flexibility index (Phi) is 7.90. The van der Waals surface area contributed by atoms with Crippen molar-refractivity contribution >= 4 is 49.7 Å². The minimum atomic E-state index is -3.08. The summed E-state index contributed by atoms with van der Waals surface area (Å²) in [6, 6.07) is 19.0. The van der Waals surface area contributed by atoms with Gasteiger partial charge in [-0.05, 0) is 66.6 Å². The van der Waals surface area contributed by atoms with Crippen molar-refractivity contribution in [3.63, 3.8) is 0 Å². The average Bonchev–Trinajstić information content (AvgIpc) is 3.27. The molecule has 0 radical (unpaired) electrons. The molecule has 0 atom stereocenters. The largest absolute Gasteiger partial charge is 0.487 e. The van der Waals surface area contributed by atoms with Crippen molar-refractivity contribution in [2.24, 2.45) is 0 Å². The van der Waals surface area contributed by atoms with Crippen molar-refractivity contribution in [1.29, 1.82) is 0 Å². The van der Waals surface area contributed by atoms with Crippen LogP contribution in [-0.2, 0) is 16.4 Å². The van der Waals surface area contributed by atoms with Crippen LogP contribution in [0.15, 0.2) is 77.5 Å². The number of sulfone groups is 1. The van der Waals surface area contributed by atoms with Gasteiger partial charge in [0.2, 0.25) is 0 Å². The summed E-state index contributed by atoms with van der Waals surface area (Å²) in [6.07, 6.45) is 2.67. The first-order valence-corrected chi connectivity index (χ1v) is 14.8. The zero-order valence-electron chi connectivity index (χ0n) is 21.7. The monoisotopic (exact) mass is 580 g/mol. The lowest BCUT2D eigenvalue weighted by molar-refractivity contribution is 0.306. The van der Waals surface area contributed by atoms with Gasteiger partial charge in [0.15, 0.2) is 5.88 Å². The number of aromatic nitrogens is 2. The highest BCUT2D eigenvalue weighted by atomic mass is 35.5. The van der Waals surface area contributed by atoms with Crippen molar-refractivity contribution in [3.05, 3.63) is 95.0 Å². The zero-order chi connectivity index (χ0) is 28.3. The van der Waals surface area contributed by atoms with Crippen LogP contribution >= 0.6 is 11.6 Å². The first-order valence-electron chi connectivity index (χ1n) is 12.4. The number of benzene rings is 3. The zero-order valence-corrected chi connectivity index (χ0v) is 23.3. The molecule has 0 spiro atoms. The quantitative estimate of drug-likeness (QED) is 0.186. The van der Waals surface area contributed by atoms with Gasteiger partial charge in [-0.2, -0.15) is 0 Å². The topological polar surface area (TPSA) is 106 Å². The minimum absolute atomic E-state index is 0.00849. The van der Waals surface area contributed by atoms with E-state index in [1.54, 1.807) is 24.3 Å². The van der Waals surface area contributed by atoms with Gasteiger partial charge in [0.25, 0.3) is 0 Å². The Balaban J connectivity index is 1.35. The molecule has 2 aromatic heterocycles. The standard InChI is InChI=1S/C29H26ClFN4O4S/c1-18-12-27(32-10-11-40(2,36)37)39-28(18)20-6-8-25-23(14-20)29(34-17-33-25)35-22-7-9-26(24(30)15-22)38-16-19-4-3-5-21(31)13-19/h3-9,12-15,17,32H,10-11,16H2,1-2H3,(H,33,34,35). The number of nitrogens with zero attached hydrogens (tertiary/aromatic N) is 2. The van der Waals surface area contributed by atoms with Crippen LogP contribution in [0.2, 0.25) is 5.02 Å². The number of anilines is 3. The lowest BCUT2D eigenvalue weighted by atomic mass is 10.1. The fourth-order valence-corrected chi connectivity index (χ4v) is 4.84. The third-order valence-corrected chi connectivity index (χ3v) is 7.31. The maximum absolute atomic E-state index is 13.4. The summed E-state index contributed by atoms with van der Waals surface area (Å²) < 4.78 is 48.0. The smallest absolute Gasteiger partial charge is 0.193 e. The molecule has 0 aliphatic heterocycles. The third-order valence-electron chi connectivity index (χ3n) is 6.07. The fourth-order valence-electron chi connectivity index (χ4n) is 4.13. The molecule has 2 N–H and O–H groups in total. The van der Waals surface area contributed by atoms with Gasteiger partial charge in [0.05, 0.1) is 16.3 Å². The summed E-state index contributed by atoms with van der Waals surface area (Å²) in [7, 11) is -3.08. The summed E-state index contributed by atoms with van der Waals surface area (Å²) in [5.41, 5.74) is 3.84. The van der Waals surface area contributed by atoms with Crippen molar-refractivity contribution in [1.82, 2.24) is 9.97 Å². The number of aryl methyl sites for hydroxylation is 1. The Morgan fingerprint density at radius 2 is 1.90 bits per heavy atom. The Hall–Kier alpha value is -4.15. The number of rotatable bonds is 10. The van der Waals surface area contributed by atoms with E-state index in [-0.39, 0.29) is 24.7 Å². The van der Waals surface area contributed by atoms with Crippen LogP contribution in [0.5, 0.6) is 5.75 Å². The number of furan rings is 1. The minimum Gasteiger partial charge on any atom is -0.487 e. The molecule has 2 heterocycles. The number of halogens is 2. The van der Waals surface area contributed by atoms with Crippen LogP contribution in [0.25, 0.3) is 22.2 Å². The molecule has 5 rings (SSSR count). The van der Waals surface area contributed by atoms with E-state index < -0.39 is 9.84 Å². The molecule has 206 valence electrons. The van der Waals surface area contributed by atoms with E-state index in [0.717, 1.165) is 22.0 Å². The SMILES string of the molecule is Cc1cc(NCCS(C)(=O)=O)oc1-c1ccc2ncnc(Nc3ccc(OCc4cccc(F)c4)c(Cl)c3)c2c1. The second-order valence-electron chi connectivity index (χ2n) is 9.32. The van der Waals surface area contributed by atoms with Gasteiger partial charge in [-0.15, -0.1) is 0 Å². The van der Waals surface area contributed by atoms with Gasteiger partial charge in [0, 0.05) is 35.5 Å². The van der Waals surface area contributed by atoms with Crippen molar-refractivity contribution in [2.45, 2.75) is 13.5 Å². The highest BCUT2D eigenvalue weighted by Gasteiger charge is 2.14. The molecule has 0 saturated carbocycles. The van der Waals surface area contributed by atoms with Gasteiger partial charge in [-0.3, -0.25) is 0 Å². The maximum atomic E-state index is 13.4. The van der Waals surface area contributed by atoms with Gasteiger partial charge in [-0.1, -0.05) is 23.7 Å². The van der Waals surface area contributed by atoms with E-state index in [1.165, 1.54) is 24.7 Å². The Morgan fingerprint density at radius 3 is 2.67 bits per heavy atom. The molecule has 8 nitrogen and oxygen atoms in total. The molecule has 0 amide bonds. The van der Waals surface area contributed by atoms with Gasteiger partial charge < -0.3 is 19.8 Å². The highest BCUT2D eigenvalue weighted by molar-refractivity contribution is 7.90. The number of hydrogen-bond donors (Lipinski definition) is 2. The predicted molar refractivity (Wildman–Crippen MR) is 156 cm³/mol. The molecular formula is C29H26ClFN4O4S. The summed E-state index contributed by atoms with van der Waals surface area (Å²) in [4.78, 5) is 8.81. The van der Waals surface area contributed by atoms with E-state index in [4.69, 9.17) is 20.8 Å². The van der Waals surface area contributed by atoms with E-state index >= 15 is 0 Å². The molecule has 0 fully saturated rings. The number of ether oxygens (including phenoxy) is 1. The number of nitrogens with one attached hydrogen (secondary N) is 2. The van der Waals surface area contributed by atoms with Crippen molar-refractivity contribution < 1.29 is 22.0 Å². The first-order chi connectivity index (χ1) is 19.1. The first kappa shape index (κ1) is 27.4. The van der Waals surface area contributed by atoms with Gasteiger partial charge in [-0.25, -0.2) is 22.8 Å². The summed E-state index contributed by atoms with van der Waals surface area (Å²) in [6.45, 7) is 2.36. The fraction of sp³-hybridized carbons (Fsp3) is 0.172. The highest BCUT2D eigenvalue weighted by Crippen LogP contribution is 2.34. The Bertz CT molecular complexity index is 1790. The van der Waals surface area contributed by atoms with Crippen molar-refractivity contribution in [3.8, 4) is 17.1 Å². The normalized spacial score (nSPS) is 11.5. The number of hydrogen-bond acceptors (Lipinski definition) is 8. The second kappa shape index (κ2) is 11.5. The van der Waals surface area contributed by atoms with Crippen LogP contribution in [0.1, 0.15) is 11.1 Å². The molecule has 0 bridgehead atoms. The Morgan fingerprint density at radius 1 is 1.05 bits per heavy atom. The summed E-state index contributed by atoms with van der Waals surface area (Å²) >= 11 is 6.47. The molecule has 0 unspecified atom stereocenters. The van der Waals surface area contributed by atoms with Crippen LogP contribution in [0, 0.1) is 12.7 Å². The average molecular weight is 581 g/mol. The summed E-state index contributed by atoms with van der Waals surface area (Å²) in [5, 5.41) is 7.48.